The second-order valence-electron chi connectivity index (χ2n) is 5.24. The molecule has 0 unspecified atom stereocenters. The van der Waals surface area contributed by atoms with Gasteiger partial charge in [-0.2, -0.15) is 0 Å². The molecule has 21 heavy (non-hydrogen) atoms. The highest BCUT2D eigenvalue weighted by atomic mass is 35.5. The monoisotopic (exact) mass is 311 g/mol. The number of nitrogens with zero attached hydrogens (tertiary/aromatic N) is 2. The number of hydrogen-bond donors (Lipinski definition) is 2. The summed E-state index contributed by atoms with van der Waals surface area (Å²) in [5, 5.41) is 9.40. The topological polar surface area (TPSA) is 86.9 Å². The molecule has 1 heterocycles. The average molecular weight is 312 g/mol. The molecule has 0 bridgehead atoms. The summed E-state index contributed by atoms with van der Waals surface area (Å²) in [6.45, 7) is 4.31. The zero-order chi connectivity index (χ0) is 15.6. The molecule has 0 aliphatic carbocycles. The first-order valence-corrected chi connectivity index (χ1v) is 7.06. The number of benzene rings is 1. The zero-order valence-electron chi connectivity index (χ0n) is 11.8. The van der Waals surface area contributed by atoms with Crippen molar-refractivity contribution in [2.45, 2.75) is 19.5 Å². The largest absolute Gasteiger partial charge is 0.465 e. The maximum absolute atomic E-state index is 11.3. The van der Waals surface area contributed by atoms with Gasteiger partial charge in [0.2, 0.25) is 5.91 Å². The Morgan fingerprint density at radius 2 is 2.14 bits per heavy atom. The summed E-state index contributed by atoms with van der Waals surface area (Å²) in [7, 11) is 0. The van der Waals surface area contributed by atoms with Crippen LogP contribution < -0.4 is 5.73 Å². The van der Waals surface area contributed by atoms with Gasteiger partial charge in [0.15, 0.2) is 0 Å². The van der Waals surface area contributed by atoms with Gasteiger partial charge in [0.25, 0.3) is 0 Å². The lowest BCUT2D eigenvalue weighted by molar-refractivity contribution is 0.0710. The van der Waals surface area contributed by atoms with Gasteiger partial charge >= 0.3 is 6.09 Å². The van der Waals surface area contributed by atoms with Gasteiger partial charge < -0.3 is 15.7 Å². The van der Waals surface area contributed by atoms with Crippen LogP contribution in [0, 0.1) is 0 Å². The molecule has 1 fully saturated rings. The van der Waals surface area contributed by atoms with Crippen LogP contribution in [0.3, 0.4) is 0 Å². The van der Waals surface area contributed by atoms with Crippen molar-refractivity contribution in [1.82, 2.24) is 9.80 Å². The lowest BCUT2D eigenvalue weighted by Gasteiger charge is -2.38. The molecular weight excluding hydrogens is 294 g/mol. The molecule has 7 heteroatoms. The third-order valence-electron chi connectivity index (χ3n) is 3.66. The fourth-order valence-corrected chi connectivity index (χ4v) is 2.79. The van der Waals surface area contributed by atoms with Crippen LogP contribution in [-0.4, -0.2) is 52.6 Å². The second-order valence-corrected chi connectivity index (χ2v) is 5.65. The van der Waals surface area contributed by atoms with E-state index in [1.54, 1.807) is 12.1 Å². The fraction of sp³-hybridized carbons (Fsp3) is 0.429. The van der Waals surface area contributed by atoms with Crippen molar-refractivity contribution in [3.05, 3.63) is 34.3 Å². The maximum Gasteiger partial charge on any atom is 0.407 e. The summed E-state index contributed by atoms with van der Waals surface area (Å²) in [6, 6.07) is 5.15. The second kappa shape index (κ2) is 6.32. The standard InChI is InChI=1S/C14H18ClN3O3/c1-9-7-17(4-5-18(9)14(20)21)8-10-2-3-12(15)11(6-10)13(16)19/h2-3,6,9H,4-5,7-8H2,1H3,(H2,16,19)(H,20,21)/t9-/m1/s1. The molecule has 114 valence electrons. The van der Waals surface area contributed by atoms with Gasteiger partial charge in [-0.3, -0.25) is 9.69 Å². The summed E-state index contributed by atoms with van der Waals surface area (Å²) < 4.78 is 0. The van der Waals surface area contributed by atoms with Gasteiger partial charge in [-0.05, 0) is 24.6 Å². The first kappa shape index (κ1) is 15.6. The molecule has 1 saturated heterocycles. The molecule has 0 aromatic heterocycles. The molecule has 2 rings (SSSR count). The minimum absolute atomic E-state index is 0.0563. The Hall–Kier alpha value is -1.79. The highest BCUT2D eigenvalue weighted by Gasteiger charge is 2.27. The van der Waals surface area contributed by atoms with Crippen LogP contribution in [0.2, 0.25) is 5.02 Å². The molecule has 1 atom stereocenters. The maximum atomic E-state index is 11.3. The van der Waals surface area contributed by atoms with Crippen LogP contribution in [0.4, 0.5) is 4.79 Å². The lowest BCUT2D eigenvalue weighted by atomic mass is 10.1. The van der Waals surface area contributed by atoms with Crippen molar-refractivity contribution in [3.63, 3.8) is 0 Å². The SMILES string of the molecule is C[C@@H]1CN(Cc2ccc(Cl)c(C(N)=O)c2)CCN1C(=O)O. The van der Waals surface area contributed by atoms with Crippen molar-refractivity contribution in [1.29, 1.82) is 0 Å². The minimum Gasteiger partial charge on any atom is -0.465 e. The van der Waals surface area contributed by atoms with E-state index >= 15 is 0 Å². The van der Waals surface area contributed by atoms with E-state index in [-0.39, 0.29) is 6.04 Å². The number of hydrogen-bond acceptors (Lipinski definition) is 3. The van der Waals surface area contributed by atoms with E-state index < -0.39 is 12.0 Å². The third-order valence-corrected chi connectivity index (χ3v) is 3.99. The Labute approximate surface area is 128 Å². The number of carbonyl (C=O) groups is 2. The number of amides is 2. The van der Waals surface area contributed by atoms with E-state index in [9.17, 15) is 9.59 Å². The first-order valence-electron chi connectivity index (χ1n) is 6.68. The van der Waals surface area contributed by atoms with Crippen LogP contribution >= 0.6 is 11.6 Å². The Balaban J connectivity index is 2.05. The highest BCUT2D eigenvalue weighted by molar-refractivity contribution is 6.33. The third kappa shape index (κ3) is 3.65. The lowest BCUT2D eigenvalue weighted by Crippen LogP contribution is -2.53. The van der Waals surface area contributed by atoms with Gasteiger partial charge in [-0.25, -0.2) is 4.79 Å². The minimum atomic E-state index is -0.885. The molecule has 0 saturated carbocycles. The molecule has 1 aromatic rings. The normalized spacial score (nSPS) is 19.5. The van der Waals surface area contributed by atoms with Crippen molar-refractivity contribution >= 4 is 23.6 Å². The predicted molar refractivity (Wildman–Crippen MR) is 79.4 cm³/mol. The predicted octanol–water partition coefficient (Wildman–Crippen LogP) is 1.62. The number of halogens is 1. The fourth-order valence-electron chi connectivity index (χ4n) is 2.58. The molecule has 2 amide bonds. The van der Waals surface area contributed by atoms with Crippen LogP contribution in [-0.2, 0) is 6.54 Å². The Kier molecular flexibility index (Phi) is 4.69. The number of primary amides is 1. The zero-order valence-corrected chi connectivity index (χ0v) is 12.5. The molecule has 6 nitrogen and oxygen atoms in total. The van der Waals surface area contributed by atoms with E-state index in [1.165, 1.54) is 4.90 Å². The average Bonchev–Trinajstić information content (AvgIpc) is 2.40. The smallest absolute Gasteiger partial charge is 0.407 e. The number of carbonyl (C=O) groups excluding carboxylic acids is 1. The van der Waals surface area contributed by atoms with Gasteiger partial charge in [0.1, 0.15) is 0 Å². The van der Waals surface area contributed by atoms with E-state index in [0.717, 1.165) is 5.56 Å². The quantitative estimate of drug-likeness (QED) is 0.888. The summed E-state index contributed by atoms with van der Waals surface area (Å²) in [5.41, 5.74) is 6.53. The highest BCUT2D eigenvalue weighted by Crippen LogP contribution is 2.19. The number of nitrogens with two attached hydrogens (primary N) is 1. The van der Waals surface area contributed by atoms with Crippen molar-refractivity contribution < 1.29 is 14.7 Å². The summed E-state index contributed by atoms with van der Waals surface area (Å²) in [6.07, 6.45) is -0.885. The van der Waals surface area contributed by atoms with Crippen LogP contribution in [0.15, 0.2) is 18.2 Å². The molecular formula is C14H18ClN3O3. The Bertz CT molecular complexity index is 564. The first-order chi connectivity index (χ1) is 9.88. The van der Waals surface area contributed by atoms with E-state index in [4.69, 9.17) is 22.4 Å². The van der Waals surface area contributed by atoms with E-state index in [1.807, 2.05) is 13.0 Å². The van der Waals surface area contributed by atoms with Crippen LogP contribution in [0.1, 0.15) is 22.8 Å². The Morgan fingerprint density at radius 3 is 2.71 bits per heavy atom. The number of carboxylic acid groups (broad SMARTS) is 1. The van der Waals surface area contributed by atoms with Crippen LogP contribution in [0.5, 0.6) is 0 Å². The molecule has 1 aromatic carbocycles. The summed E-state index contributed by atoms with van der Waals surface area (Å²) in [4.78, 5) is 25.9. The molecule has 1 aliphatic heterocycles. The summed E-state index contributed by atoms with van der Waals surface area (Å²) >= 11 is 5.92. The van der Waals surface area contributed by atoms with Gasteiger partial charge in [-0.1, -0.05) is 17.7 Å². The van der Waals surface area contributed by atoms with Crippen molar-refractivity contribution in [3.8, 4) is 0 Å². The van der Waals surface area contributed by atoms with Crippen LogP contribution in [0.25, 0.3) is 0 Å². The van der Waals surface area contributed by atoms with Crippen molar-refractivity contribution in [2.24, 2.45) is 5.73 Å². The van der Waals surface area contributed by atoms with E-state index in [0.29, 0.717) is 36.8 Å². The van der Waals surface area contributed by atoms with E-state index in [2.05, 4.69) is 4.90 Å². The molecule has 0 radical (unpaired) electrons. The van der Waals surface area contributed by atoms with Gasteiger partial charge in [0, 0.05) is 32.2 Å². The van der Waals surface area contributed by atoms with Gasteiger partial charge in [0.05, 0.1) is 10.6 Å². The van der Waals surface area contributed by atoms with Crippen molar-refractivity contribution in [2.75, 3.05) is 19.6 Å². The summed E-state index contributed by atoms with van der Waals surface area (Å²) in [5.74, 6) is -0.550. The molecule has 1 aliphatic rings. The Morgan fingerprint density at radius 1 is 1.43 bits per heavy atom. The molecule has 3 N–H and O–H groups in total. The van der Waals surface area contributed by atoms with Gasteiger partial charge in [-0.15, -0.1) is 0 Å². The number of piperazine rings is 1. The number of rotatable bonds is 3. The molecule has 0 spiro atoms.